The molecule has 1 aliphatic heterocycles. The molecular weight excluding hydrogens is 212 g/mol. The van der Waals surface area contributed by atoms with Gasteiger partial charge in [-0.1, -0.05) is 0 Å². The largest absolute Gasteiger partial charge is 0.378 e. The van der Waals surface area contributed by atoms with Gasteiger partial charge in [0.2, 0.25) is 0 Å². The van der Waals surface area contributed by atoms with Gasteiger partial charge in [-0.15, -0.1) is 11.3 Å². The van der Waals surface area contributed by atoms with Crippen molar-refractivity contribution < 1.29 is 9.53 Å². The average Bonchev–Trinajstić information content (AvgIpc) is 2.78. The van der Waals surface area contributed by atoms with Crippen molar-refractivity contribution in [3.8, 4) is 0 Å². The number of hydrogen-bond donors (Lipinski definition) is 1. The van der Waals surface area contributed by atoms with E-state index in [2.05, 4.69) is 0 Å². The van der Waals surface area contributed by atoms with Crippen LogP contribution in [0.1, 0.15) is 14.5 Å². The zero-order chi connectivity index (χ0) is 10.7. The van der Waals surface area contributed by atoms with E-state index in [4.69, 9.17) is 10.5 Å². The van der Waals surface area contributed by atoms with E-state index in [9.17, 15) is 4.79 Å². The molecule has 0 unspecified atom stereocenters. The summed E-state index contributed by atoms with van der Waals surface area (Å²) in [6.45, 7) is 3.16. The second kappa shape index (κ2) is 4.74. The number of ether oxygens (including phenoxy) is 1. The molecule has 82 valence electrons. The molecule has 0 aromatic carbocycles. The molecule has 2 heterocycles. The smallest absolute Gasteiger partial charge is 0.264 e. The Balaban J connectivity index is 2.05. The molecule has 1 aliphatic rings. The van der Waals surface area contributed by atoms with Gasteiger partial charge in [-0.25, -0.2) is 0 Å². The number of thiophene rings is 1. The van der Waals surface area contributed by atoms with Gasteiger partial charge in [-0.2, -0.15) is 0 Å². The van der Waals surface area contributed by atoms with Crippen LogP contribution < -0.4 is 5.73 Å². The van der Waals surface area contributed by atoms with Crippen LogP contribution in [-0.4, -0.2) is 37.1 Å². The van der Waals surface area contributed by atoms with Crippen LogP contribution >= 0.6 is 11.3 Å². The van der Waals surface area contributed by atoms with E-state index >= 15 is 0 Å². The molecule has 0 spiro atoms. The summed E-state index contributed by atoms with van der Waals surface area (Å²) in [6.07, 6.45) is 0. The van der Waals surface area contributed by atoms with E-state index in [1.54, 1.807) is 0 Å². The number of morpholine rings is 1. The van der Waals surface area contributed by atoms with Gasteiger partial charge in [0.05, 0.1) is 18.1 Å². The minimum atomic E-state index is 0.100. The number of hydrogen-bond acceptors (Lipinski definition) is 4. The molecule has 0 atom stereocenters. The highest BCUT2D eigenvalue weighted by molar-refractivity contribution is 7.14. The van der Waals surface area contributed by atoms with Gasteiger partial charge in [0.15, 0.2) is 0 Å². The molecule has 1 amide bonds. The molecule has 1 fully saturated rings. The van der Waals surface area contributed by atoms with E-state index in [1.807, 2.05) is 17.0 Å². The summed E-state index contributed by atoms with van der Waals surface area (Å²) in [5.74, 6) is 0.100. The molecule has 1 aromatic heterocycles. The van der Waals surface area contributed by atoms with Crippen LogP contribution in [0, 0.1) is 0 Å². The summed E-state index contributed by atoms with van der Waals surface area (Å²) in [5, 5.41) is 0. The molecule has 1 aromatic rings. The van der Waals surface area contributed by atoms with Gasteiger partial charge < -0.3 is 15.4 Å². The number of carbonyl (C=O) groups excluding carboxylic acids is 1. The first kappa shape index (κ1) is 10.6. The SMILES string of the molecule is NCc1ccc(C(=O)N2CCOCC2)s1. The van der Waals surface area contributed by atoms with Crippen LogP contribution in [0.3, 0.4) is 0 Å². The fourth-order valence-electron chi connectivity index (χ4n) is 1.52. The van der Waals surface area contributed by atoms with Gasteiger partial charge in [0.1, 0.15) is 0 Å². The monoisotopic (exact) mass is 226 g/mol. The molecule has 0 radical (unpaired) electrons. The first-order valence-electron chi connectivity index (χ1n) is 4.97. The van der Waals surface area contributed by atoms with Crippen LogP contribution in [0.4, 0.5) is 0 Å². The molecule has 0 aliphatic carbocycles. The van der Waals surface area contributed by atoms with Crippen molar-refractivity contribution >= 4 is 17.2 Å². The minimum Gasteiger partial charge on any atom is -0.378 e. The summed E-state index contributed by atoms with van der Waals surface area (Å²) < 4.78 is 5.20. The molecule has 0 saturated carbocycles. The molecule has 1 saturated heterocycles. The molecule has 2 N–H and O–H groups in total. The Morgan fingerprint density at radius 1 is 1.47 bits per heavy atom. The Morgan fingerprint density at radius 2 is 2.20 bits per heavy atom. The Bertz CT molecular complexity index is 345. The number of carbonyl (C=O) groups is 1. The lowest BCUT2D eigenvalue weighted by Gasteiger charge is -2.26. The van der Waals surface area contributed by atoms with Crippen LogP contribution in [0.15, 0.2) is 12.1 Å². The Hall–Kier alpha value is -0.910. The maximum atomic E-state index is 12.0. The number of nitrogens with zero attached hydrogens (tertiary/aromatic N) is 1. The van der Waals surface area contributed by atoms with Crippen molar-refractivity contribution in [2.24, 2.45) is 5.73 Å². The normalized spacial score (nSPS) is 16.7. The zero-order valence-electron chi connectivity index (χ0n) is 8.44. The fraction of sp³-hybridized carbons (Fsp3) is 0.500. The molecule has 5 heteroatoms. The van der Waals surface area contributed by atoms with Gasteiger partial charge in [-0.3, -0.25) is 4.79 Å². The van der Waals surface area contributed by atoms with E-state index in [-0.39, 0.29) is 5.91 Å². The maximum absolute atomic E-state index is 12.0. The van der Waals surface area contributed by atoms with Crippen molar-refractivity contribution in [3.05, 3.63) is 21.9 Å². The van der Waals surface area contributed by atoms with Crippen LogP contribution in [0.5, 0.6) is 0 Å². The lowest BCUT2D eigenvalue weighted by atomic mass is 10.3. The minimum absolute atomic E-state index is 0.100. The van der Waals surface area contributed by atoms with Crippen molar-refractivity contribution in [1.29, 1.82) is 0 Å². The molecular formula is C10H14N2O2S. The summed E-state index contributed by atoms with van der Waals surface area (Å²) in [7, 11) is 0. The molecule has 15 heavy (non-hydrogen) atoms. The van der Waals surface area contributed by atoms with E-state index in [0.29, 0.717) is 32.8 Å². The Labute approximate surface area is 92.6 Å². The lowest BCUT2D eigenvalue weighted by molar-refractivity contribution is 0.0306. The number of amides is 1. The van der Waals surface area contributed by atoms with E-state index < -0.39 is 0 Å². The van der Waals surface area contributed by atoms with E-state index in [0.717, 1.165) is 9.75 Å². The highest BCUT2D eigenvalue weighted by Gasteiger charge is 2.19. The molecule has 4 nitrogen and oxygen atoms in total. The summed E-state index contributed by atoms with van der Waals surface area (Å²) in [5.41, 5.74) is 5.51. The van der Waals surface area contributed by atoms with Crippen LogP contribution in [0.25, 0.3) is 0 Å². The highest BCUT2D eigenvalue weighted by atomic mass is 32.1. The van der Waals surface area contributed by atoms with Crippen molar-refractivity contribution in [2.75, 3.05) is 26.3 Å². The summed E-state index contributed by atoms with van der Waals surface area (Å²) in [6, 6.07) is 3.77. The molecule has 2 rings (SSSR count). The van der Waals surface area contributed by atoms with Crippen molar-refractivity contribution in [3.63, 3.8) is 0 Å². The topological polar surface area (TPSA) is 55.6 Å². The number of nitrogens with two attached hydrogens (primary N) is 1. The standard InChI is InChI=1S/C10H14N2O2S/c11-7-8-1-2-9(15-8)10(13)12-3-5-14-6-4-12/h1-2H,3-7,11H2. The second-order valence-corrected chi connectivity index (χ2v) is 4.54. The maximum Gasteiger partial charge on any atom is 0.264 e. The van der Waals surface area contributed by atoms with Gasteiger partial charge >= 0.3 is 0 Å². The first-order valence-corrected chi connectivity index (χ1v) is 5.78. The van der Waals surface area contributed by atoms with Crippen molar-refractivity contribution in [1.82, 2.24) is 4.90 Å². The van der Waals surface area contributed by atoms with Crippen molar-refractivity contribution in [2.45, 2.75) is 6.54 Å². The van der Waals surface area contributed by atoms with Crippen LogP contribution in [-0.2, 0) is 11.3 Å². The van der Waals surface area contributed by atoms with Gasteiger partial charge in [0, 0.05) is 24.5 Å². The van der Waals surface area contributed by atoms with Gasteiger partial charge in [0.25, 0.3) is 5.91 Å². The predicted octanol–water partition coefficient (Wildman–Crippen LogP) is 0.679. The second-order valence-electron chi connectivity index (χ2n) is 3.37. The van der Waals surface area contributed by atoms with E-state index in [1.165, 1.54) is 11.3 Å². The highest BCUT2D eigenvalue weighted by Crippen LogP contribution is 2.18. The third-order valence-electron chi connectivity index (χ3n) is 2.37. The van der Waals surface area contributed by atoms with Crippen LogP contribution in [0.2, 0.25) is 0 Å². The zero-order valence-corrected chi connectivity index (χ0v) is 9.26. The average molecular weight is 226 g/mol. The lowest BCUT2D eigenvalue weighted by Crippen LogP contribution is -2.40. The predicted molar refractivity (Wildman–Crippen MR) is 58.9 cm³/mol. The number of rotatable bonds is 2. The summed E-state index contributed by atoms with van der Waals surface area (Å²) >= 11 is 1.48. The Kier molecular flexibility index (Phi) is 3.35. The quantitative estimate of drug-likeness (QED) is 0.806. The molecule has 0 bridgehead atoms. The first-order chi connectivity index (χ1) is 7.31. The fourth-order valence-corrected chi connectivity index (χ4v) is 2.38. The third kappa shape index (κ3) is 2.37. The third-order valence-corrected chi connectivity index (χ3v) is 3.47. The Morgan fingerprint density at radius 3 is 2.80 bits per heavy atom. The summed E-state index contributed by atoms with van der Waals surface area (Å²) in [4.78, 5) is 15.6. The van der Waals surface area contributed by atoms with Gasteiger partial charge in [-0.05, 0) is 12.1 Å².